The van der Waals surface area contributed by atoms with Crippen molar-refractivity contribution in [3.63, 3.8) is 0 Å². The first kappa shape index (κ1) is 26.5. The summed E-state index contributed by atoms with van der Waals surface area (Å²) in [4.78, 5) is 16.5. The maximum Gasteiger partial charge on any atom is 0.408 e. The molecule has 8 nitrogen and oxygen atoms in total. The zero-order chi connectivity index (χ0) is 20.5. The summed E-state index contributed by atoms with van der Waals surface area (Å²) in [5, 5.41) is 13.8. The Bertz CT molecular complexity index is 620. The molecule has 0 spiro atoms. The highest BCUT2D eigenvalue weighted by atomic mass is 127. The summed E-state index contributed by atoms with van der Waals surface area (Å²) in [5.74, 6) is 0.705. The number of hydrogen-bond acceptors (Lipinski definition) is 4. The van der Waals surface area contributed by atoms with E-state index in [4.69, 9.17) is 4.74 Å². The highest BCUT2D eigenvalue weighted by Gasteiger charge is 2.30. The Morgan fingerprint density at radius 1 is 1.25 bits per heavy atom. The van der Waals surface area contributed by atoms with E-state index in [1.165, 1.54) is 5.56 Å². The van der Waals surface area contributed by atoms with E-state index in [0.717, 1.165) is 25.8 Å². The number of aliphatic imine (C=N–C) groups is 1. The number of amides is 1. The fraction of sp³-hybridized carbons (Fsp3) is 0.737. The fourth-order valence-corrected chi connectivity index (χ4v) is 2.64. The number of aryl methyl sites for hydroxylation is 1. The number of hydrogen-bond donors (Lipinski definition) is 3. The first-order valence-electron chi connectivity index (χ1n) is 9.56. The minimum absolute atomic E-state index is 0. The van der Waals surface area contributed by atoms with Crippen molar-refractivity contribution >= 4 is 36.0 Å². The predicted molar refractivity (Wildman–Crippen MR) is 124 cm³/mol. The molecule has 162 valence electrons. The second-order valence-corrected chi connectivity index (χ2v) is 7.74. The van der Waals surface area contributed by atoms with Gasteiger partial charge in [0.15, 0.2) is 5.96 Å². The van der Waals surface area contributed by atoms with Crippen LogP contribution in [0, 0.1) is 0 Å². The monoisotopic (exact) mass is 508 g/mol. The molecule has 0 aromatic carbocycles. The van der Waals surface area contributed by atoms with Gasteiger partial charge in [0.05, 0.1) is 11.7 Å². The van der Waals surface area contributed by atoms with E-state index in [-0.39, 0.29) is 24.0 Å². The first-order valence-corrected chi connectivity index (χ1v) is 9.56. The molecule has 0 aliphatic rings. The van der Waals surface area contributed by atoms with Gasteiger partial charge in [0.25, 0.3) is 0 Å². The standard InChI is InChI=1S/C19H36N6O2.HI/c1-8-19(9-2,24-17(26)27-18(3,4)5)14-22-16(20-6)21-11-10-15-12-23-25(7)13-15;/h12-13H,8-11,14H2,1-7H3,(H,24,26)(H2,20,21,22);1H. The number of halogens is 1. The second kappa shape index (κ2) is 12.1. The van der Waals surface area contributed by atoms with Crippen molar-refractivity contribution in [2.45, 2.75) is 65.0 Å². The van der Waals surface area contributed by atoms with Gasteiger partial charge in [-0.15, -0.1) is 24.0 Å². The highest BCUT2D eigenvalue weighted by molar-refractivity contribution is 14.0. The lowest BCUT2D eigenvalue weighted by Crippen LogP contribution is -2.57. The van der Waals surface area contributed by atoms with Gasteiger partial charge in [0, 0.05) is 33.4 Å². The van der Waals surface area contributed by atoms with Gasteiger partial charge in [-0.25, -0.2) is 4.79 Å². The minimum Gasteiger partial charge on any atom is -0.444 e. The van der Waals surface area contributed by atoms with Crippen LogP contribution in [0.25, 0.3) is 0 Å². The molecular formula is C19H37IN6O2. The van der Waals surface area contributed by atoms with Crippen LogP contribution >= 0.6 is 24.0 Å². The lowest BCUT2D eigenvalue weighted by Gasteiger charge is -2.34. The lowest BCUT2D eigenvalue weighted by molar-refractivity contribution is 0.0448. The van der Waals surface area contributed by atoms with E-state index < -0.39 is 17.2 Å². The number of rotatable bonds is 8. The van der Waals surface area contributed by atoms with E-state index >= 15 is 0 Å². The largest absolute Gasteiger partial charge is 0.444 e. The van der Waals surface area contributed by atoms with Crippen molar-refractivity contribution in [3.8, 4) is 0 Å². The Kier molecular flexibility index (Phi) is 11.5. The second-order valence-electron chi connectivity index (χ2n) is 7.74. The Labute approximate surface area is 186 Å². The van der Waals surface area contributed by atoms with Gasteiger partial charge < -0.3 is 20.7 Å². The molecule has 1 rings (SSSR count). The van der Waals surface area contributed by atoms with Gasteiger partial charge in [-0.05, 0) is 45.6 Å². The fourth-order valence-electron chi connectivity index (χ4n) is 2.64. The van der Waals surface area contributed by atoms with Gasteiger partial charge in [-0.2, -0.15) is 5.10 Å². The van der Waals surface area contributed by atoms with Crippen LogP contribution in [0.5, 0.6) is 0 Å². The van der Waals surface area contributed by atoms with Crippen LogP contribution in [-0.4, -0.2) is 53.1 Å². The molecule has 0 unspecified atom stereocenters. The van der Waals surface area contributed by atoms with Gasteiger partial charge in [-0.1, -0.05) is 13.8 Å². The van der Waals surface area contributed by atoms with Crippen molar-refractivity contribution in [1.29, 1.82) is 0 Å². The number of alkyl carbamates (subject to hydrolysis) is 1. The molecule has 3 N–H and O–H groups in total. The summed E-state index contributed by atoms with van der Waals surface area (Å²) in [5.41, 5.74) is 0.251. The molecule has 0 radical (unpaired) electrons. The number of guanidine groups is 1. The molecule has 0 saturated carbocycles. The Balaban J connectivity index is 0.00000729. The minimum atomic E-state index is -0.519. The number of carbonyl (C=O) groups excluding carboxylic acids is 1. The molecule has 0 atom stereocenters. The van der Waals surface area contributed by atoms with Crippen LogP contribution in [-0.2, 0) is 18.2 Å². The SMILES string of the molecule is CCC(CC)(CNC(=NC)NCCc1cnn(C)c1)NC(=O)OC(C)(C)C.I. The molecule has 1 aromatic rings. The molecule has 28 heavy (non-hydrogen) atoms. The van der Waals surface area contributed by atoms with Crippen molar-refractivity contribution in [2.75, 3.05) is 20.1 Å². The van der Waals surface area contributed by atoms with Gasteiger partial charge in [0.1, 0.15) is 5.60 Å². The highest BCUT2D eigenvalue weighted by Crippen LogP contribution is 2.16. The number of nitrogens with one attached hydrogen (secondary N) is 3. The topological polar surface area (TPSA) is 92.6 Å². The van der Waals surface area contributed by atoms with Crippen molar-refractivity contribution in [2.24, 2.45) is 12.0 Å². The first-order chi connectivity index (χ1) is 12.6. The summed E-state index contributed by atoms with van der Waals surface area (Å²) in [6.07, 6.45) is 5.89. The maximum absolute atomic E-state index is 12.2. The van der Waals surface area contributed by atoms with Crippen LogP contribution in [0.1, 0.15) is 53.0 Å². The third-order valence-corrected chi connectivity index (χ3v) is 4.40. The van der Waals surface area contributed by atoms with Crippen LogP contribution in [0.15, 0.2) is 17.4 Å². The van der Waals surface area contributed by atoms with Crippen LogP contribution in [0.4, 0.5) is 4.79 Å². The maximum atomic E-state index is 12.2. The molecule has 1 amide bonds. The van der Waals surface area contributed by atoms with Gasteiger partial charge in [0.2, 0.25) is 0 Å². The number of nitrogens with zero attached hydrogens (tertiary/aromatic N) is 3. The zero-order valence-electron chi connectivity index (χ0n) is 18.3. The zero-order valence-corrected chi connectivity index (χ0v) is 20.6. The Hall–Kier alpha value is -1.52. The molecule has 0 aliphatic heterocycles. The van der Waals surface area contributed by atoms with Crippen LogP contribution < -0.4 is 16.0 Å². The summed E-state index contributed by atoms with van der Waals surface area (Å²) in [6.45, 7) is 11.0. The lowest BCUT2D eigenvalue weighted by atomic mass is 9.93. The van der Waals surface area contributed by atoms with Crippen molar-refractivity contribution in [1.82, 2.24) is 25.7 Å². The van der Waals surface area contributed by atoms with E-state index in [0.29, 0.717) is 12.5 Å². The van der Waals surface area contributed by atoms with Crippen molar-refractivity contribution in [3.05, 3.63) is 18.0 Å². The average Bonchev–Trinajstić information content (AvgIpc) is 3.00. The molecular weight excluding hydrogens is 471 g/mol. The van der Waals surface area contributed by atoms with E-state index in [2.05, 4.69) is 39.9 Å². The Morgan fingerprint density at radius 2 is 1.89 bits per heavy atom. The summed E-state index contributed by atoms with van der Waals surface area (Å²) < 4.78 is 7.21. The molecule has 1 aromatic heterocycles. The summed E-state index contributed by atoms with van der Waals surface area (Å²) >= 11 is 0. The number of ether oxygens (including phenoxy) is 1. The quantitative estimate of drug-likeness (QED) is 0.286. The summed E-state index contributed by atoms with van der Waals surface area (Å²) in [6, 6.07) is 0. The molecule has 1 heterocycles. The van der Waals surface area contributed by atoms with Crippen molar-refractivity contribution < 1.29 is 9.53 Å². The van der Waals surface area contributed by atoms with Gasteiger partial charge >= 0.3 is 6.09 Å². The van der Waals surface area contributed by atoms with E-state index in [9.17, 15) is 4.79 Å². The average molecular weight is 508 g/mol. The van der Waals surface area contributed by atoms with Gasteiger partial charge in [-0.3, -0.25) is 9.67 Å². The third kappa shape index (κ3) is 9.61. The van der Waals surface area contributed by atoms with E-state index in [1.807, 2.05) is 40.2 Å². The van der Waals surface area contributed by atoms with E-state index in [1.54, 1.807) is 11.7 Å². The third-order valence-electron chi connectivity index (χ3n) is 4.40. The molecule has 0 fully saturated rings. The number of carbonyl (C=O) groups is 1. The van der Waals surface area contributed by atoms with Crippen LogP contribution in [0.3, 0.4) is 0 Å². The predicted octanol–water partition coefficient (Wildman–Crippen LogP) is 2.83. The summed E-state index contributed by atoms with van der Waals surface area (Å²) in [7, 11) is 3.64. The molecule has 0 aliphatic carbocycles. The Morgan fingerprint density at radius 3 is 2.36 bits per heavy atom. The molecule has 9 heteroatoms. The smallest absolute Gasteiger partial charge is 0.408 e. The van der Waals surface area contributed by atoms with Crippen LogP contribution in [0.2, 0.25) is 0 Å². The normalized spacial score (nSPS) is 12.2. The molecule has 0 saturated heterocycles. The molecule has 0 bridgehead atoms. The number of aromatic nitrogens is 2.